The molecule has 1 N–H and O–H groups in total. The first kappa shape index (κ1) is 19.9. The molecule has 0 unspecified atom stereocenters. The van der Waals surface area contributed by atoms with Crippen LogP contribution in [0.3, 0.4) is 0 Å². The van der Waals surface area contributed by atoms with E-state index in [1.54, 1.807) is 4.90 Å². The Kier molecular flexibility index (Phi) is 6.68. The third-order valence-corrected chi connectivity index (χ3v) is 5.24. The minimum Gasteiger partial charge on any atom is -0.469 e. The lowest BCUT2D eigenvalue weighted by Crippen LogP contribution is -2.42. The molecule has 1 fully saturated rings. The van der Waals surface area contributed by atoms with Crippen LogP contribution in [0.2, 0.25) is 0 Å². The highest BCUT2D eigenvalue weighted by Crippen LogP contribution is 2.20. The summed E-state index contributed by atoms with van der Waals surface area (Å²) in [5.41, 5.74) is 2.26. The Hall–Kier alpha value is -2.83. The van der Waals surface area contributed by atoms with Gasteiger partial charge in [-0.15, -0.1) is 0 Å². The number of nitrogens with zero attached hydrogens (tertiary/aromatic N) is 1. The number of rotatable bonds is 7. The van der Waals surface area contributed by atoms with E-state index < -0.39 is 0 Å². The third kappa shape index (κ3) is 4.91. The first-order chi connectivity index (χ1) is 13.6. The summed E-state index contributed by atoms with van der Waals surface area (Å²) in [4.78, 5) is 40.5. The highest BCUT2D eigenvalue weighted by atomic mass is 16.5. The predicted octanol–water partition coefficient (Wildman–Crippen LogP) is 2.45. The van der Waals surface area contributed by atoms with Crippen LogP contribution in [0.5, 0.6) is 0 Å². The molecule has 1 aromatic heterocycles. The average molecular weight is 386 g/mol. The molecule has 1 aromatic carbocycles. The number of benzene rings is 1. The van der Waals surface area contributed by atoms with E-state index in [1.807, 2.05) is 24.4 Å². The van der Waals surface area contributed by atoms with Crippen LogP contribution in [-0.4, -0.2) is 54.5 Å². The standard InChI is InChI=1S/C21H26N2O5/c1-27-21(26)15-9-11-23(12-10-15)19(24)14-28-20(25)8-4-5-16-13-22-18-7-3-2-6-17(16)18/h2-3,6-7,13,15,22H,4-5,8-12,14H2,1H3. The van der Waals surface area contributed by atoms with E-state index in [0.29, 0.717) is 32.4 Å². The number of hydrogen-bond donors (Lipinski definition) is 1. The van der Waals surface area contributed by atoms with Gasteiger partial charge in [-0.3, -0.25) is 14.4 Å². The number of para-hydroxylation sites is 1. The van der Waals surface area contributed by atoms with Crippen LogP contribution < -0.4 is 0 Å². The van der Waals surface area contributed by atoms with Gasteiger partial charge in [0.05, 0.1) is 13.0 Å². The second kappa shape index (κ2) is 9.39. The van der Waals surface area contributed by atoms with Gasteiger partial charge in [-0.2, -0.15) is 0 Å². The summed E-state index contributed by atoms with van der Waals surface area (Å²) < 4.78 is 9.87. The second-order valence-corrected chi connectivity index (χ2v) is 7.05. The molecule has 7 heteroatoms. The van der Waals surface area contributed by atoms with E-state index in [4.69, 9.17) is 9.47 Å². The van der Waals surface area contributed by atoms with Crippen molar-refractivity contribution in [1.82, 2.24) is 9.88 Å². The van der Waals surface area contributed by atoms with Crippen molar-refractivity contribution in [3.8, 4) is 0 Å². The van der Waals surface area contributed by atoms with Crippen LogP contribution in [-0.2, 0) is 30.3 Å². The second-order valence-electron chi connectivity index (χ2n) is 7.05. The SMILES string of the molecule is COC(=O)C1CCN(C(=O)COC(=O)CCCc2c[nH]c3ccccc23)CC1. The quantitative estimate of drug-likeness (QED) is 0.739. The average Bonchev–Trinajstić information content (AvgIpc) is 3.14. The van der Waals surface area contributed by atoms with E-state index in [0.717, 1.165) is 11.9 Å². The summed E-state index contributed by atoms with van der Waals surface area (Å²) >= 11 is 0. The molecule has 3 rings (SSSR count). The maximum atomic E-state index is 12.2. The molecular weight excluding hydrogens is 360 g/mol. The van der Waals surface area contributed by atoms with Gasteiger partial charge in [-0.1, -0.05) is 18.2 Å². The van der Waals surface area contributed by atoms with Crippen molar-refractivity contribution in [2.24, 2.45) is 5.92 Å². The number of carbonyl (C=O) groups excluding carboxylic acids is 3. The lowest BCUT2D eigenvalue weighted by Gasteiger charge is -2.30. The lowest BCUT2D eigenvalue weighted by molar-refractivity contribution is -0.154. The highest BCUT2D eigenvalue weighted by molar-refractivity contribution is 5.83. The summed E-state index contributed by atoms with van der Waals surface area (Å²) in [6, 6.07) is 8.05. The van der Waals surface area contributed by atoms with Gasteiger partial charge in [0.15, 0.2) is 6.61 Å². The van der Waals surface area contributed by atoms with Crippen molar-refractivity contribution in [2.45, 2.75) is 32.1 Å². The van der Waals surface area contributed by atoms with Crippen LogP contribution in [0, 0.1) is 5.92 Å². The van der Waals surface area contributed by atoms with Gasteiger partial charge in [0.2, 0.25) is 0 Å². The van der Waals surface area contributed by atoms with Gasteiger partial charge in [0, 0.05) is 36.6 Å². The number of likely N-dealkylation sites (tertiary alicyclic amines) is 1. The fourth-order valence-corrected chi connectivity index (χ4v) is 3.60. The number of nitrogens with one attached hydrogen (secondary N) is 1. The Morgan fingerprint density at radius 3 is 2.68 bits per heavy atom. The first-order valence-electron chi connectivity index (χ1n) is 9.64. The maximum absolute atomic E-state index is 12.2. The molecule has 1 aliphatic rings. The molecule has 2 aromatic rings. The number of hydrogen-bond acceptors (Lipinski definition) is 5. The smallest absolute Gasteiger partial charge is 0.308 e. The molecule has 0 bridgehead atoms. The summed E-state index contributed by atoms with van der Waals surface area (Å²) in [5.74, 6) is -0.958. The molecule has 28 heavy (non-hydrogen) atoms. The number of aryl methyl sites for hydroxylation is 1. The summed E-state index contributed by atoms with van der Waals surface area (Å²) in [6.07, 6.45) is 4.84. The number of aromatic nitrogens is 1. The van der Waals surface area contributed by atoms with Gasteiger partial charge in [0.25, 0.3) is 5.91 Å². The van der Waals surface area contributed by atoms with Gasteiger partial charge < -0.3 is 19.4 Å². The van der Waals surface area contributed by atoms with Crippen molar-refractivity contribution in [3.63, 3.8) is 0 Å². The molecule has 0 atom stereocenters. The van der Waals surface area contributed by atoms with Gasteiger partial charge in [0.1, 0.15) is 0 Å². The number of fused-ring (bicyclic) bond motifs is 1. The topological polar surface area (TPSA) is 88.7 Å². The molecule has 7 nitrogen and oxygen atoms in total. The van der Waals surface area contributed by atoms with E-state index in [2.05, 4.69) is 11.1 Å². The van der Waals surface area contributed by atoms with E-state index >= 15 is 0 Å². The molecule has 2 heterocycles. The molecule has 0 spiro atoms. The Balaban J connectivity index is 1.35. The summed E-state index contributed by atoms with van der Waals surface area (Å²) in [6.45, 7) is 0.724. The number of amides is 1. The number of H-pyrrole nitrogens is 1. The molecule has 1 amide bonds. The lowest BCUT2D eigenvalue weighted by atomic mass is 9.97. The van der Waals surface area contributed by atoms with E-state index in [9.17, 15) is 14.4 Å². The summed E-state index contributed by atoms with van der Waals surface area (Å²) in [5, 5.41) is 1.17. The Bertz CT molecular complexity index is 836. The van der Waals surface area contributed by atoms with E-state index in [1.165, 1.54) is 18.1 Å². The summed E-state index contributed by atoms with van der Waals surface area (Å²) in [7, 11) is 1.37. The molecule has 0 aliphatic carbocycles. The fraction of sp³-hybridized carbons (Fsp3) is 0.476. The van der Waals surface area contributed by atoms with Crippen molar-refractivity contribution >= 4 is 28.7 Å². The zero-order valence-corrected chi connectivity index (χ0v) is 16.1. The van der Waals surface area contributed by atoms with Crippen LogP contribution in [0.15, 0.2) is 30.5 Å². The minimum atomic E-state index is -0.363. The molecule has 1 aliphatic heterocycles. The van der Waals surface area contributed by atoms with Crippen LogP contribution in [0.1, 0.15) is 31.2 Å². The largest absolute Gasteiger partial charge is 0.469 e. The van der Waals surface area contributed by atoms with Crippen molar-refractivity contribution in [2.75, 3.05) is 26.8 Å². The predicted molar refractivity (Wildman–Crippen MR) is 104 cm³/mol. The molecule has 1 saturated heterocycles. The third-order valence-electron chi connectivity index (χ3n) is 5.24. The maximum Gasteiger partial charge on any atom is 0.308 e. The Morgan fingerprint density at radius 1 is 1.18 bits per heavy atom. The zero-order valence-electron chi connectivity index (χ0n) is 16.1. The number of aromatic amines is 1. The number of piperidine rings is 1. The Morgan fingerprint density at radius 2 is 1.93 bits per heavy atom. The Labute approximate surface area is 164 Å². The van der Waals surface area contributed by atoms with Gasteiger partial charge in [-0.25, -0.2) is 0 Å². The van der Waals surface area contributed by atoms with Crippen LogP contribution >= 0.6 is 0 Å². The van der Waals surface area contributed by atoms with Crippen molar-refractivity contribution < 1.29 is 23.9 Å². The normalized spacial score (nSPS) is 14.8. The monoisotopic (exact) mass is 386 g/mol. The van der Waals surface area contributed by atoms with Crippen molar-refractivity contribution in [1.29, 1.82) is 0 Å². The van der Waals surface area contributed by atoms with Gasteiger partial charge in [-0.05, 0) is 37.3 Å². The molecule has 0 saturated carbocycles. The highest BCUT2D eigenvalue weighted by Gasteiger charge is 2.28. The fourth-order valence-electron chi connectivity index (χ4n) is 3.60. The number of esters is 2. The number of carbonyl (C=O) groups is 3. The minimum absolute atomic E-state index is 0.152. The first-order valence-corrected chi connectivity index (χ1v) is 9.64. The number of ether oxygens (including phenoxy) is 2. The number of methoxy groups -OCH3 is 1. The van der Waals surface area contributed by atoms with E-state index in [-0.39, 0.29) is 36.8 Å². The zero-order chi connectivity index (χ0) is 19.9. The molecule has 0 radical (unpaired) electrons. The van der Waals surface area contributed by atoms with Gasteiger partial charge >= 0.3 is 11.9 Å². The van der Waals surface area contributed by atoms with Crippen LogP contribution in [0.25, 0.3) is 10.9 Å². The molecular formula is C21H26N2O5. The van der Waals surface area contributed by atoms with Crippen molar-refractivity contribution in [3.05, 3.63) is 36.0 Å². The van der Waals surface area contributed by atoms with Crippen LogP contribution in [0.4, 0.5) is 0 Å². The molecule has 150 valence electrons.